The predicted octanol–water partition coefficient (Wildman–Crippen LogP) is 1.92. The first kappa shape index (κ1) is 14.6. The molecule has 1 fully saturated rings. The lowest BCUT2D eigenvalue weighted by Gasteiger charge is -2.21. The smallest absolute Gasteiger partial charge is 0.127 e. The molecule has 2 atom stereocenters. The molecule has 2 unspecified atom stereocenters. The fourth-order valence-corrected chi connectivity index (χ4v) is 3.38. The number of aryl methyl sites for hydroxylation is 1. The third-order valence-corrected chi connectivity index (χ3v) is 4.37. The molecule has 96 valence electrons. The SMILES string of the molecule is Cc1ccnc(S(=O)CC2CCCNC2)c1.Cl. The van der Waals surface area contributed by atoms with Crippen molar-refractivity contribution in [3.05, 3.63) is 23.9 Å². The lowest BCUT2D eigenvalue weighted by molar-refractivity contribution is 0.408. The maximum Gasteiger partial charge on any atom is 0.127 e. The molecule has 17 heavy (non-hydrogen) atoms. The van der Waals surface area contributed by atoms with Crippen molar-refractivity contribution >= 4 is 23.2 Å². The van der Waals surface area contributed by atoms with Crippen molar-refractivity contribution in [2.75, 3.05) is 18.8 Å². The number of hydrogen-bond acceptors (Lipinski definition) is 3. The van der Waals surface area contributed by atoms with E-state index < -0.39 is 10.8 Å². The van der Waals surface area contributed by atoms with Crippen molar-refractivity contribution < 1.29 is 4.21 Å². The van der Waals surface area contributed by atoms with E-state index in [1.54, 1.807) is 6.20 Å². The van der Waals surface area contributed by atoms with Gasteiger partial charge in [0.25, 0.3) is 0 Å². The van der Waals surface area contributed by atoms with Crippen molar-refractivity contribution in [2.45, 2.75) is 24.8 Å². The van der Waals surface area contributed by atoms with Gasteiger partial charge >= 0.3 is 0 Å². The number of rotatable bonds is 3. The molecular formula is C12H19ClN2OS. The number of hydrogen-bond donors (Lipinski definition) is 1. The molecule has 1 saturated heterocycles. The van der Waals surface area contributed by atoms with Crippen LogP contribution in [0.25, 0.3) is 0 Å². The molecule has 0 aromatic carbocycles. The number of aromatic nitrogens is 1. The van der Waals surface area contributed by atoms with Crippen LogP contribution in [0.15, 0.2) is 23.4 Å². The van der Waals surface area contributed by atoms with E-state index in [1.807, 2.05) is 19.1 Å². The molecule has 2 rings (SSSR count). The van der Waals surface area contributed by atoms with Crippen molar-refractivity contribution in [3.63, 3.8) is 0 Å². The number of pyridine rings is 1. The monoisotopic (exact) mass is 274 g/mol. The molecule has 3 nitrogen and oxygen atoms in total. The van der Waals surface area contributed by atoms with E-state index in [2.05, 4.69) is 10.3 Å². The highest BCUT2D eigenvalue weighted by Crippen LogP contribution is 2.14. The van der Waals surface area contributed by atoms with Crippen LogP contribution in [0.2, 0.25) is 0 Å². The van der Waals surface area contributed by atoms with Gasteiger partial charge in [0.1, 0.15) is 5.03 Å². The van der Waals surface area contributed by atoms with Crippen molar-refractivity contribution in [3.8, 4) is 0 Å². The molecule has 0 saturated carbocycles. The van der Waals surface area contributed by atoms with E-state index in [9.17, 15) is 4.21 Å². The number of piperidine rings is 1. The first-order valence-corrected chi connectivity index (χ1v) is 7.09. The van der Waals surface area contributed by atoms with Crippen LogP contribution in [-0.2, 0) is 10.8 Å². The van der Waals surface area contributed by atoms with Gasteiger partial charge in [-0.1, -0.05) is 0 Å². The van der Waals surface area contributed by atoms with Crippen LogP contribution in [0.5, 0.6) is 0 Å². The summed E-state index contributed by atoms with van der Waals surface area (Å²) in [5, 5.41) is 4.08. The van der Waals surface area contributed by atoms with Crippen molar-refractivity contribution in [1.82, 2.24) is 10.3 Å². The fraction of sp³-hybridized carbons (Fsp3) is 0.583. The van der Waals surface area contributed by atoms with Gasteiger partial charge in [0.2, 0.25) is 0 Å². The summed E-state index contributed by atoms with van der Waals surface area (Å²) in [7, 11) is -0.942. The summed E-state index contributed by atoms with van der Waals surface area (Å²) in [6, 6.07) is 3.86. The Kier molecular flexibility index (Phi) is 6.09. The van der Waals surface area contributed by atoms with Crippen LogP contribution < -0.4 is 5.32 Å². The van der Waals surface area contributed by atoms with E-state index in [0.717, 1.165) is 29.4 Å². The molecule has 0 radical (unpaired) electrons. The molecule has 5 heteroatoms. The molecular weight excluding hydrogens is 256 g/mol. The first-order chi connectivity index (χ1) is 7.75. The lowest BCUT2D eigenvalue weighted by Crippen LogP contribution is -2.32. The van der Waals surface area contributed by atoms with Crippen LogP contribution in [-0.4, -0.2) is 28.0 Å². The number of halogens is 1. The summed E-state index contributed by atoms with van der Waals surface area (Å²) in [4.78, 5) is 4.18. The molecule has 0 aliphatic carbocycles. The van der Waals surface area contributed by atoms with E-state index in [-0.39, 0.29) is 12.4 Å². The van der Waals surface area contributed by atoms with E-state index in [1.165, 1.54) is 12.8 Å². The fourth-order valence-electron chi connectivity index (χ4n) is 2.00. The zero-order valence-corrected chi connectivity index (χ0v) is 11.6. The first-order valence-electron chi connectivity index (χ1n) is 5.77. The minimum atomic E-state index is -0.942. The highest BCUT2D eigenvalue weighted by atomic mass is 35.5. The maximum absolute atomic E-state index is 12.1. The highest BCUT2D eigenvalue weighted by Gasteiger charge is 2.17. The molecule has 1 N–H and O–H groups in total. The molecule has 1 aromatic rings. The van der Waals surface area contributed by atoms with Gasteiger partial charge in [0.15, 0.2) is 0 Å². The average molecular weight is 275 g/mol. The second kappa shape index (κ2) is 7.09. The van der Waals surface area contributed by atoms with Gasteiger partial charge < -0.3 is 5.32 Å². The molecule has 0 spiro atoms. The second-order valence-corrected chi connectivity index (χ2v) is 5.84. The van der Waals surface area contributed by atoms with Crippen molar-refractivity contribution in [2.24, 2.45) is 5.92 Å². The minimum Gasteiger partial charge on any atom is -0.316 e. The Morgan fingerprint density at radius 3 is 3.06 bits per heavy atom. The highest BCUT2D eigenvalue weighted by molar-refractivity contribution is 7.84. The third-order valence-electron chi connectivity index (χ3n) is 2.91. The molecule has 2 heterocycles. The van der Waals surface area contributed by atoms with Gasteiger partial charge in [-0.3, -0.25) is 4.21 Å². The van der Waals surface area contributed by atoms with Crippen LogP contribution in [0, 0.1) is 12.8 Å². The Morgan fingerprint density at radius 2 is 2.41 bits per heavy atom. The van der Waals surface area contributed by atoms with E-state index >= 15 is 0 Å². The van der Waals surface area contributed by atoms with E-state index in [0.29, 0.717) is 5.92 Å². The molecule has 0 bridgehead atoms. The third kappa shape index (κ3) is 4.37. The zero-order chi connectivity index (χ0) is 11.4. The van der Waals surface area contributed by atoms with Crippen LogP contribution in [0.4, 0.5) is 0 Å². The summed E-state index contributed by atoms with van der Waals surface area (Å²) in [5.74, 6) is 1.28. The molecule has 1 aliphatic heterocycles. The Hall–Kier alpha value is -0.450. The van der Waals surface area contributed by atoms with Gasteiger partial charge in [-0.15, -0.1) is 12.4 Å². The van der Waals surface area contributed by atoms with Gasteiger partial charge in [-0.25, -0.2) is 4.98 Å². The van der Waals surface area contributed by atoms with E-state index in [4.69, 9.17) is 0 Å². The molecule has 1 aromatic heterocycles. The second-order valence-electron chi connectivity index (χ2n) is 4.40. The summed E-state index contributed by atoms with van der Waals surface area (Å²) in [6.45, 7) is 4.11. The largest absolute Gasteiger partial charge is 0.316 e. The Bertz CT molecular complexity index is 381. The van der Waals surface area contributed by atoms with Gasteiger partial charge in [-0.05, 0) is 56.5 Å². The number of nitrogens with zero attached hydrogens (tertiary/aromatic N) is 1. The quantitative estimate of drug-likeness (QED) is 0.916. The number of nitrogens with one attached hydrogen (secondary N) is 1. The standard InChI is InChI=1S/C12H18N2OS.ClH/c1-10-4-6-14-12(7-10)16(15)9-11-3-2-5-13-8-11;/h4,6-7,11,13H,2-3,5,8-9H2,1H3;1H. The zero-order valence-electron chi connectivity index (χ0n) is 10.0. The lowest BCUT2D eigenvalue weighted by atomic mass is 10.0. The van der Waals surface area contributed by atoms with Gasteiger partial charge in [0.05, 0.1) is 10.8 Å². The summed E-state index contributed by atoms with van der Waals surface area (Å²) in [5.41, 5.74) is 1.13. The van der Waals surface area contributed by atoms with Gasteiger partial charge in [-0.2, -0.15) is 0 Å². The Labute approximate surface area is 111 Å². The summed E-state index contributed by atoms with van der Waals surface area (Å²) in [6.07, 6.45) is 4.12. The summed E-state index contributed by atoms with van der Waals surface area (Å²) >= 11 is 0. The Balaban J connectivity index is 0.00000144. The van der Waals surface area contributed by atoms with Crippen LogP contribution >= 0.6 is 12.4 Å². The minimum absolute atomic E-state index is 0. The normalized spacial score (nSPS) is 21.6. The topological polar surface area (TPSA) is 42.0 Å². The molecule has 1 aliphatic rings. The van der Waals surface area contributed by atoms with Crippen LogP contribution in [0.3, 0.4) is 0 Å². The van der Waals surface area contributed by atoms with Crippen molar-refractivity contribution in [1.29, 1.82) is 0 Å². The Morgan fingerprint density at radius 1 is 1.59 bits per heavy atom. The van der Waals surface area contributed by atoms with Crippen LogP contribution in [0.1, 0.15) is 18.4 Å². The maximum atomic E-state index is 12.1. The predicted molar refractivity (Wildman–Crippen MR) is 73.1 cm³/mol. The average Bonchev–Trinajstić information content (AvgIpc) is 2.30. The molecule has 0 amide bonds. The summed E-state index contributed by atoms with van der Waals surface area (Å²) < 4.78 is 12.1. The van der Waals surface area contributed by atoms with Gasteiger partial charge in [0, 0.05) is 11.9 Å².